The van der Waals surface area contributed by atoms with Gasteiger partial charge in [-0.25, -0.2) is 0 Å². The van der Waals surface area contributed by atoms with Crippen molar-refractivity contribution >= 4 is 23.6 Å². The normalized spacial score (nSPS) is 24.3. The Morgan fingerprint density at radius 1 is 1.13 bits per heavy atom. The number of hydrogen-bond acceptors (Lipinski definition) is 5. The molecular formula is C30H38N4O5. The Morgan fingerprint density at radius 3 is 2.59 bits per heavy atom. The number of nitrogens with zero attached hydrogens (tertiary/aromatic N) is 1. The average Bonchev–Trinajstić information content (AvgIpc) is 2.90. The molecule has 4 amide bonds. The minimum absolute atomic E-state index is 0.0868. The smallest absolute Gasteiger partial charge is 0.243 e. The molecule has 2 heterocycles. The van der Waals surface area contributed by atoms with E-state index < -0.39 is 23.5 Å². The summed E-state index contributed by atoms with van der Waals surface area (Å²) in [5.74, 6) is -0.597. The number of amides is 4. The number of aryl methyl sites for hydroxylation is 2. The van der Waals surface area contributed by atoms with Gasteiger partial charge in [0.1, 0.15) is 24.4 Å². The number of fused-ring (bicyclic) bond motifs is 3. The van der Waals surface area contributed by atoms with Crippen molar-refractivity contribution in [3.8, 4) is 5.75 Å². The Balaban J connectivity index is 1.59. The molecule has 2 bridgehead atoms. The largest absolute Gasteiger partial charge is 0.491 e. The lowest BCUT2D eigenvalue weighted by Gasteiger charge is -2.50. The minimum Gasteiger partial charge on any atom is -0.491 e. The first-order valence-corrected chi connectivity index (χ1v) is 13.6. The number of rotatable bonds is 4. The molecule has 0 saturated carbocycles. The van der Waals surface area contributed by atoms with Crippen molar-refractivity contribution in [2.45, 2.75) is 77.0 Å². The molecule has 2 aromatic rings. The zero-order valence-corrected chi connectivity index (χ0v) is 22.9. The Morgan fingerprint density at radius 2 is 1.90 bits per heavy atom. The fraction of sp³-hybridized carbons (Fsp3) is 0.467. The Hall–Kier alpha value is -3.88. The molecule has 0 radical (unpaired) electrons. The predicted molar refractivity (Wildman–Crippen MR) is 147 cm³/mol. The highest BCUT2D eigenvalue weighted by Gasteiger charge is 2.44. The van der Waals surface area contributed by atoms with E-state index in [1.165, 1.54) is 6.92 Å². The monoisotopic (exact) mass is 534 g/mol. The first kappa shape index (κ1) is 28.1. The third-order valence-corrected chi connectivity index (χ3v) is 7.69. The second-order valence-corrected chi connectivity index (χ2v) is 10.8. The van der Waals surface area contributed by atoms with Crippen molar-refractivity contribution in [1.82, 2.24) is 20.9 Å². The molecule has 0 aromatic heterocycles. The summed E-state index contributed by atoms with van der Waals surface area (Å²) in [4.78, 5) is 53.5. The fourth-order valence-corrected chi connectivity index (χ4v) is 5.07. The second-order valence-electron chi connectivity index (χ2n) is 10.8. The van der Waals surface area contributed by atoms with Crippen LogP contribution >= 0.6 is 0 Å². The van der Waals surface area contributed by atoms with E-state index in [2.05, 4.69) is 16.0 Å². The van der Waals surface area contributed by atoms with Gasteiger partial charge in [0.15, 0.2) is 0 Å². The van der Waals surface area contributed by atoms with Crippen molar-refractivity contribution in [2.24, 2.45) is 0 Å². The van der Waals surface area contributed by atoms with Crippen LogP contribution in [0.4, 0.5) is 0 Å². The molecule has 1 fully saturated rings. The van der Waals surface area contributed by atoms with Crippen molar-refractivity contribution in [1.29, 1.82) is 0 Å². The van der Waals surface area contributed by atoms with E-state index in [-0.39, 0.29) is 37.1 Å². The highest BCUT2D eigenvalue weighted by atomic mass is 16.5. The number of carbonyl (C=O) groups is 4. The van der Waals surface area contributed by atoms with Gasteiger partial charge in [-0.05, 0) is 68.4 Å². The lowest BCUT2D eigenvalue weighted by molar-refractivity contribution is -0.149. The maximum absolute atomic E-state index is 13.3. The Labute approximate surface area is 229 Å². The zero-order valence-electron chi connectivity index (χ0n) is 22.9. The highest BCUT2D eigenvalue weighted by Crippen LogP contribution is 2.32. The van der Waals surface area contributed by atoms with Crippen molar-refractivity contribution < 1.29 is 23.9 Å². The standard InChI is InChI=1S/C30H38N4O5/c1-20-9-11-24-17-23(20)18-31-28(37)25(12-10-22-7-5-4-6-8-22)33-29(38)26(32-21(2)35)13-14-27(36)34-16-15-30(34,3)19-39-24/h4-9,11,17,25-26H,10,12-16,18-19H2,1-3H3,(H,31,37)(H,32,35)(H,33,38)/t25-,26-,30?/m0/s1. The zero-order chi connectivity index (χ0) is 28.0. The van der Waals surface area contributed by atoms with E-state index in [9.17, 15) is 19.2 Å². The Bertz CT molecular complexity index is 1220. The number of carbonyl (C=O) groups excluding carboxylic acids is 4. The highest BCUT2D eigenvalue weighted by molar-refractivity contribution is 5.92. The maximum Gasteiger partial charge on any atom is 0.243 e. The molecule has 9 heteroatoms. The van der Waals surface area contributed by atoms with E-state index in [0.717, 1.165) is 23.1 Å². The van der Waals surface area contributed by atoms with Gasteiger partial charge in [0.25, 0.3) is 0 Å². The molecule has 1 unspecified atom stereocenters. The van der Waals surface area contributed by atoms with Gasteiger partial charge in [-0.2, -0.15) is 0 Å². The van der Waals surface area contributed by atoms with Gasteiger partial charge in [-0.1, -0.05) is 36.4 Å². The average molecular weight is 535 g/mol. The molecule has 3 atom stereocenters. The van der Waals surface area contributed by atoms with Gasteiger partial charge in [0, 0.05) is 26.4 Å². The summed E-state index contributed by atoms with van der Waals surface area (Å²) in [6.45, 7) is 6.52. The minimum atomic E-state index is -0.935. The van der Waals surface area contributed by atoms with Crippen LogP contribution in [0, 0.1) is 6.92 Å². The number of hydrogen-bond donors (Lipinski definition) is 3. The van der Waals surface area contributed by atoms with Gasteiger partial charge in [-0.3, -0.25) is 19.2 Å². The fourth-order valence-electron chi connectivity index (χ4n) is 5.07. The first-order valence-electron chi connectivity index (χ1n) is 13.6. The van der Waals surface area contributed by atoms with Gasteiger partial charge in [0.2, 0.25) is 23.6 Å². The van der Waals surface area contributed by atoms with Crippen molar-refractivity contribution in [3.05, 3.63) is 65.2 Å². The van der Waals surface area contributed by atoms with Crippen molar-refractivity contribution in [2.75, 3.05) is 13.2 Å². The molecule has 9 nitrogen and oxygen atoms in total. The quantitative estimate of drug-likeness (QED) is 0.557. The SMILES string of the molecule is CC(=O)N[C@H]1CCC(=O)N2CCC2(C)COc2ccc(C)c(c2)CNC(=O)[C@H](CCc2ccccc2)NC1=O. The summed E-state index contributed by atoms with van der Waals surface area (Å²) in [5.41, 5.74) is 2.51. The van der Waals surface area contributed by atoms with Crippen LogP contribution in [0.1, 0.15) is 56.2 Å². The van der Waals surface area contributed by atoms with Gasteiger partial charge in [0.05, 0.1) is 5.54 Å². The molecule has 1 saturated heterocycles. The molecule has 0 aliphatic carbocycles. The van der Waals surface area contributed by atoms with E-state index in [1.807, 2.05) is 62.4 Å². The van der Waals surface area contributed by atoms with Crippen LogP contribution in [-0.2, 0) is 32.1 Å². The van der Waals surface area contributed by atoms with Crippen LogP contribution in [0.5, 0.6) is 5.75 Å². The molecule has 39 heavy (non-hydrogen) atoms. The number of ether oxygens (including phenoxy) is 1. The number of benzene rings is 2. The summed E-state index contributed by atoms with van der Waals surface area (Å²) in [5, 5.41) is 8.48. The lowest BCUT2D eigenvalue weighted by atomic mass is 9.86. The first-order chi connectivity index (χ1) is 18.6. The van der Waals surface area contributed by atoms with Crippen molar-refractivity contribution in [3.63, 3.8) is 0 Å². The molecule has 3 N–H and O–H groups in total. The van der Waals surface area contributed by atoms with Gasteiger partial charge < -0.3 is 25.6 Å². The molecule has 4 rings (SSSR count). The van der Waals surface area contributed by atoms with E-state index in [4.69, 9.17) is 4.74 Å². The van der Waals surface area contributed by atoms with Gasteiger partial charge >= 0.3 is 0 Å². The molecule has 208 valence electrons. The van der Waals surface area contributed by atoms with Crippen LogP contribution in [0.2, 0.25) is 0 Å². The van der Waals surface area contributed by atoms with Crippen LogP contribution in [-0.4, -0.2) is 59.3 Å². The molecule has 2 aliphatic rings. The van der Waals surface area contributed by atoms with Crippen LogP contribution < -0.4 is 20.7 Å². The number of nitrogens with one attached hydrogen (secondary N) is 3. The predicted octanol–water partition coefficient (Wildman–Crippen LogP) is 2.40. The van der Waals surface area contributed by atoms with Crippen LogP contribution in [0.15, 0.2) is 48.5 Å². The Kier molecular flexibility index (Phi) is 8.89. The van der Waals surface area contributed by atoms with E-state index in [1.54, 1.807) is 4.90 Å². The summed E-state index contributed by atoms with van der Waals surface area (Å²) in [7, 11) is 0. The van der Waals surface area contributed by atoms with Crippen LogP contribution in [0.25, 0.3) is 0 Å². The third kappa shape index (κ3) is 7.16. The topological polar surface area (TPSA) is 117 Å². The molecule has 2 aliphatic heterocycles. The molecular weight excluding hydrogens is 496 g/mol. The third-order valence-electron chi connectivity index (χ3n) is 7.69. The van der Waals surface area contributed by atoms with E-state index >= 15 is 0 Å². The lowest BCUT2D eigenvalue weighted by Crippen LogP contribution is -2.63. The second kappa shape index (κ2) is 12.3. The summed E-state index contributed by atoms with van der Waals surface area (Å²) in [6.07, 6.45) is 1.99. The maximum atomic E-state index is 13.3. The molecule has 0 spiro atoms. The summed E-state index contributed by atoms with van der Waals surface area (Å²) < 4.78 is 6.11. The summed E-state index contributed by atoms with van der Waals surface area (Å²) in [6, 6.07) is 13.7. The molecule has 2 aromatic carbocycles. The summed E-state index contributed by atoms with van der Waals surface area (Å²) >= 11 is 0. The van der Waals surface area contributed by atoms with E-state index in [0.29, 0.717) is 31.7 Å². The van der Waals surface area contributed by atoms with Gasteiger partial charge in [-0.15, -0.1) is 0 Å². The van der Waals surface area contributed by atoms with Crippen LogP contribution in [0.3, 0.4) is 0 Å².